The van der Waals surface area contributed by atoms with Crippen LogP contribution in [-0.2, 0) is 5.54 Å². The lowest BCUT2D eigenvalue weighted by molar-refractivity contribution is 0.233. The van der Waals surface area contributed by atoms with E-state index >= 15 is 0 Å². The lowest BCUT2D eigenvalue weighted by Crippen LogP contribution is -2.46. The van der Waals surface area contributed by atoms with E-state index in [-0.39, 0.29) is 5.54 Å². The summed E-state index contributed by atoms with van der Waals surface area (Å²) < 4.78 is 0. The first-order valence-corrected chi connectivity index (χ1v) is 5.84. The number of nitrogens with two attached hydrogens (primary N) is 1. The molecule has 3 nitrogen and oxygen atoms in total. The van der Waals surface area contributed by atoms with Crippen LogP contribution in [0.3, 0.4) is 0 Å². The Morgan fingerprint density at radius 3 is 2.50 bits per heavy atom. The van der Waals surface area contributed by atoms with Gasteiger partial charge in [-0.3, -0.25) is 0 Å². The fourth-order valence-electron chi connectivity index (χ4n) is 2.53. The molecule has 0 aliphatic heterocycles. The Morgan fingerprint density at radius 2 is 1.94 bits per heavy atom. The van der Waals surface area contributed by atoms with Gasteiger partial charge in [0.25, 0.3) is 0 Å². The van der Waals surface area contributed by atoms with Gasteiger partial charge in [-0.1, -0.05) is 42.6 Å². The number of amides is 2. The third-order valence-electron chi connectivity index (χ3n) is 3.21. The second kappa shape index (κ2) is 4.34. The fraction of sp³-hybridized carbons (Fsp3) is 0.417. The first kappa shape index (κ1) is 11.3. The van der Waals surface area contributed by atoms with Crippen LogP contribution in [0.2, 0.25) is 5.02 Å². The standard InChI is InChI=1S/C12H15ClN2O/c13-10-6-2-1-5-9(10)12(15-11(14)16)7-3-4-8-12/h1-2,5-6H,3-4,7-8H2,(H3,14,15,16). The number of halogens is 1. The third kappa shape index (κ3) is 2.00. The molecule has 1 aliphatic carbocycles. The Kier molecular flexibility index (Phi) is 3.06. The quantitative estimate of drug-likeness (QED) is 0.818. The molecule has 1 aliphatic rings. The molecule has 0 bridgehead atoms. The largest absolute Gasteiger partial charge is 0.352 e. The van der Waals surface area contributed by atoms with Gasteiger partial charge in [0.1, 0.15) is 0 Å². The molecule has 16 heavy (non-hydrogen) atoms. The summed E-state index contributed by atoms with van der Waals surface area (Å²) >= 11 is 6.19. The second-order valence-corrected chi connectivity index (χ2v) is 4.67. The highest BCUT2D eigenvalue weighted by Gasteiger charge is 2.37. The van der Waals surface area contributed by atoms with Crippen molar-refractivity contribution in [1.82, 2.24) is 5.32 Å². The normalized spacial score (nSPS) is 18.3. The Labute approximate surface area is 100.0 Å². The lowest BCUT2D eigenvalue weighted by atomic mass is 9.88. The summed E-state index contributed by atoms with van der Waals surface area (Å²) in [4.78, 5) is 11.1. The van der Waals surface area contributed by atoms with Crippen LogP contribution >= 0.6 is 11.6 Å². The maximum atomic E-state index is 11.1. The summed E-state index contributed by atoms with van der Waals surface area (Å²) in [5, 5.41) is 3.56. The van der Waals surface area contributed by atoms with Crippen molar-refractivity contribution in [3.8, 4) is 0 Å². The molecule has 0 spiro atoms. The van der Waals surface area contributed by atoms with Gasteiger partial charge in [0.05, 0.1) is 5.54 Å². The molecule has 0 radical (unpaired) electrons. The lowest BCUT2D eigenvalue weighted by Gasteiger charge is -2.30. The molecule has 86 valence electrons. The van der Waals surface area contributed by atoms with Gasteiger partial charge in [-0.2, -0.15) is 0 Å². The smallest absolute Gasteiger partial charge is 0.312 e. The van der Waals surface area contributed by atoms with Crippen LogP contribution in [0.4, 0.5) is 4.79 Å². The van der Waals surface area contributed by atoms with E-state index in [2.05, 4.69) is 5.32 Å². The van der Waals surface area contributed by atoms with E-state index < -0.39 is 6.03 Å². The van der Waals surface area contributed by atoms with Crippen LogP contribution in [0.1, 0.15) is 31.2 Å². The molecule has 0 unspecified atom stereocenters. The summed E-state index contributed by atoms with van der Waals surface area (Å²) in [6.07, 6.45) is 3.98. The molecule has 3 N–H and O–H groups in total. The molecule has 4 heteroatoms. The SMILES string of the molecule is NC(=O)NC1(c2ccccc2Cl)CCCC1. The molecular formula is C12H15ClN2O. The summed E-state index contributed by atoms with van der Waals surface area (Å²) in [7, 11) is 0. The Bertz CT molecular complexity index is 400. The monoisotopic (exact) mass is 238 g/mol. The van der Waals surface area contributed by atoms with Gasteiger partial charge in [-0.15, -0.1) is 0 Å². The van der Waals surface area contributed by atoms with Gasteiger partial charge in [-0.25, -0.2) is 4.79 Å². The van der Waals surface area contributed by atoms with Crippen LogP contribution in [-0.4, -0.2) is 6.03 Å². The molecular weight excluding hydrogens is 224 g/mol. The van der Waals surface area contributed by atoms with Gasteiger partial charge < -0.3 is 11.1 Å². The number of primary amides is 1. The van der Waals surface area contributed by atoms with Crippen molar-refractivity contribution >= 4 is 17.6 Å². The third-order valence-corrected chi connectivity index (χ3v) is 3.54. The Hall–Kier alpha value is -1.22. The fourth-order valence-corrected chi connectivity index (χ4v) is 2.84. The molecule has 0 heterocycles. The van der Waals surface area contributed by atoms with Crippen molar-refractivity contribution in [2.24, 2.45) is 5.73 Å². The number of carbonyl (C=O) groups excluding carboxylic acids is 1. The number of hydrogen-bond donors (Lipinski definition) is 2. The molecule has 1 aromatic rings. The van der Waals surface area contributed by atoms with Crippen molar-refractivity contribution in [3.05, 3.63) is 34.9 Å². The summed E-state index contributed by atoms with van der Waals surface area (Å²) in [5.74, 6) is 0. The van der Waals surface area contributed by atoms with E-state index in [9.17, 15) is 4.79 Å². The first-order chi connectivity index (χ1) is 7.64. The highest BCUT2D eigenvalue weighted by Crippen LogP contribution is 2.41. The van der Waals surface area contributed by atoms with Crippen molar-refractivity contribution in [3.63, 3.8) is 0 Å². The first-order valence-electron chi connectivity index (χ1n) is 5.47. The average molecular weight is 239 g/mol. The highest BCUT2D eigenvalue weighted by molar-refractivity contribution is 6.31. The molecule has 2 amide bonds. The van der Waals surface area contributed by atoms with Crippen LogP contribution in [0.15, 0.2) is 24.3 Å². The topological polar surface area (TPSA) is 55.1 Å². The van der Waals surface area contributed by atoms with E-state index in [1.807, 2.05) is 24.3 Å². The van der Waals surface area contributed by atoms with Crippen molar-refractivity contribution in [2.45, 2.75) is 31.2 Å². The average Bonchev–Trinajstić information content (AvgIpc) is 2.67. The van der Waals surface area contributed by atoms with E-state index in [4.69, 9.17) is 17.3 Å². The number of carbonyl (C=O) groups is 1. The summed E-state index contributed by atoms with van der Waals surface area (Å²) in [6.45, 7) is 0. The maximum absolute atomic E-state index is 11.1. The minimum atomic E-state index is -0.484. The van der Waals surface area contributed by atoms with Crippen LogP contribution in [0.25, 0.3) is 0 Å². The number of rotatable bonds is 2. The number of benzene rings is 1. The van der Waals surface area contributed by atoms with Gasteiger partial charge >= 0.3 is 6.03 Å². The van der Waals surface area contributed by atoms with Crippen LogP contribution < -0.4 is 11.1 Å². The Morgan fingerprint density at radius 1 is 1.31 bits per heavy atom. The minimum absolute atomic E-state index is 0.357. The molecule has 1 fully saturated rings. The molecule has 0 saturated heterocycles. The summed E-state index contributed by atoms with van der Waals surface area (Å²) in [5.41, 5.74) is 5.87. The number of nitrogens with one attached hydrogen (secondary N) is 1. The van der Waals surface area contributed by atoms with E-state index in [0.717, 1.165) is 31.2 Å². The molecule has 0 aromatic heterocycles. The number of hydrogen-bond acceptors (Lipinski definition) is 1. The van der Waals surface area contributed by atoms with Gasteiger partial charge in [0, 0.05) is 5.02 Å². The van der Waals surface area contributed by atoms with Crippen LogP contribution in [0, 0.1) is 0 Å². The molecule has 0 atom stereocenters. The molecule has 1 saturated carbocycles. The van der Waals surface area contributed by atoms with E-state index in [1.54, 1.807) is 0 Å². The van der Waals surface area contributed by atoms with Gasteiger partial charge in [0.2, 0.25) is 0 Å². The van der Waals surface area contributed by atoms with Gasteiger partial charge in [-0.05, 0) is 24.5 Å². The predicted molar refractivity (Wildman–Crippen MR) is 64.3 cm³/mol. The molecule has 2 rings (SSSR count). The summed E-state index contributed by atoms with van der Waals surface area (Å²) in [6, 6.07) is 7.15. The van der Waals surface area contributed by atoms with E-state index in [1.165, 1.54) is 0 Å². The highest BCUT2D eigenvalue weighted by atomic mass is 35.5. The second-order valence-electron chi connectivity index (χ2n) is 4.26. The predicted octanol–water partition coefficient (Wildman–Crippen LogP) is 2.78. The maximum Gasteiger partial charge on any atom is 0.312 e. The van der Waals surface area contributed by atoms with Gasteiger partial charge in [0.15, 0.2) is 0 Å². The van der Waals surface area contributed by atoms with E-state index in [0.29, 0.717) is 5.02 Å². The molecule has 1 aromatic carbocycles. The van der Waals surface area contributed by atoms with Crippen molar-refractivity contribution < 1.29 is 4.79 Å². The zero-order valence-electron chi connectivity index (χ0n) is 9.00. The van der Waals surface area contributed by atoms with Crippen molar-refractivity contribution in [2.75, 3.05) is 0 Å². The zero-order chi connectivity index (χ0) is 11.6. The Balaban J connectivity index is 2.39. The minimum Gasteiger partial charge on any atom is -0.352 e. The number of urea groups is 1. The van der Waals surface area contributed by atoms with Crippen molar-refractivity contribution in [1.29, 1.82) is 0 Å². The zero-order valence-corrected chi connectivity index (χ0v) is 9.76. The van der Waals surface area contributed by atoms with Crippen LogP contribution in [0.5, 0.6) is 0 Å².